The molecule has 34 heavy (non-hydrogen) atoms. The molecule has 8 nitrogen and oxygen atoms in total. The topological polar surface area (TPSA) is 84.2 Å². The van der Waals surface area contributed by atoms with E-state index in [2.05, 4.69) is 32.3 Å². The van der Waals surface area contributed by atoms with Gasteiger partial charge in [0.15, 0.2) is 5.82 Å². The van der Waals surface area contributed by atoms with Gasteiger partial charge in [0.05, 0.1) is 5.69 Å². The minimum absolute atomic E-state index is 0.0262. The van der Waals surface area contributed by atoms with Gasteiger partial charge in [-0.1, -0.05) is 36.4 Å². The van der Waals surface area contributed by atoms with Crippen LogP contribution in [0.1, 0.15) is 33.6 Å². The molecule has 1 amide bonds. The molecule has 0 unspecified atom stereocenters. The van der Waals surface area contributed by atoms with Crippen LogP contribution in [0, 0.1) is 0 Å². The van der Waals surface area contributed by atoms with Crippen LogP contribution in [0.15, 0.2) is 60.8 Å². The normalized spacial score (nSPS) is 14.4. The highest BCUT2D eigenvalue weighted by atomic mass is 16.2. The quantitative estimate of drug-likeness (QED) is 0.429. The van der Waals surface area contributed by atoms with Gasteiger partial charge >= 0.3 is 0 Å². The molecular weight excluding hydrogens is 428 g/mol. The molecule has 1 aliphatic heterocycles. The monoisotopic (exact) mass is 454 g/mol. The Balaban J connectivity index is 1.34. The molecule has 0 spiro atoms. The summed E-state index contributed by atoms with van der Waals surface area (Å²) >= 11 is 0. The van der Waals surface area contributed by atoms with Crippen LogP contribution in [-0.4, -0.2) is 63.3 Å². The second-order valence-electron chi connectivity index (χ2n) is 8.63. The number of aryl methyl sites for hydroxylation is 1. The first-order chi connectivity index (χ1) is 16.6. The lowest BCUT2D eigenvalue weighted by atomic mass is 10.0. The number of rotatable bonds is 5. The first-order valence-electron chi connectivity index (χ1n) is 11.4. The van der Waals surface area contributed by atoms with Crippen molar-refractivity contribution in [2.75, 3.05) is 25.0 Å². The van der Waals surface area contributed by atoms with Crippen LogP contribution in [0.3, 0.4) is 0 Å². The molecule has 1 fully saturated rings. The van der Waals surface area contributed by atoms with Gasteiger partial charge in [-0.2, -0.15) is 5.10 Å². The van der Waals surface area contributed by atoms with Gasteiger partial charge in [-0.15, -0.1) is 10.2 Å². The summed E-state index contributed by atoms with van der Waals surface area (Å²) < 4.78 is 1.81. The zero-order valence-electron chi connectivity index (χ0n) is 19.3. The molecule has 5 rings (SSSR count). The third-order valence-corrected chi connectivity index (χ3v) is 6.66. The lowest BCUT2D eigenvalue weighted by Gasteiger charge is -2.37. The third-order valence-electron chi connectivity index (χ3n) is 6.66. The number of aromatic nitrogens is 4. The highest BCUT2D eigenvalue weighted by Gasteiger charge is 2.28. The summed E-state index contributed by atoms with van der Waals surface area (Å²) in [6.07, 6.45) is 4.23. The molecule has 4 aromatic rings. The molecule has 0 saturated carbocycles. The van der Waals surface area contributed by atoms with E-state index in [9.17, 15) is 9.59 Å². The highest BCUT2D eigenvalue weighted by Crippen LogP contribution is 2.32. The van der Waals surface area contributed by atoms with E-state index in [1.807, 2.05) is 37.2 Å². The molecule has 0 atom stereocenters. The van der Waals surface area contributed by atoms with Crippen molar-refractivity contribution in [1.82, 2.24) is 24.9 Å². The van der Waals surface area contributed by atoms with Crippen molar-refractivity contribution < 1.29 is 9.59 Å². The number of piperidine rings is 1. The Morgan fingerprint density at radius 1 is 1.00 bits per heavy atom. The van der Waals surface area contributed by atoms with Crippen molar-refractivity contribution in [3.8, 4) is 11.4 Å². The fourth-order valence-electron chi connectivity index (χ4n) is 4.66. The molecule has 1 aliphatic rings. The Morgan fingerprint density at radius 2 is 1.71 bits per heavy atom. The number of aldehydes is 1. The first-order valence-corrected chi connectivity index (χ1v) is 11.4. The predicted octanol–water partition coefficient (Wildman–Crippen LogP) is 3.58. The Kier molecular flexibility index (Phi) is 5.79. The Labute approximate surface area is 197 Å². The number of amides is 1. The molecule has 8 heteroatoms. The Hall–Kier alpha value is -4.07. The fraction of sp³-hybridized carbons (Fsp3) is 0.269. The lowest BCUT2D eigenvalue weighted by Crippen LogP contribution is -2.46. The number of hydrogen-bond acceptors (Lipinski definition) is 6. The predicted molar refractivity (Wildman–Crippen MR) is 131 cm³/mol. The minimum Gasteiger partial charge on any atom is -0.354 e. The molecule has 0 aliphatic carbocycles. The van der Waals surface area contributed by atoms with Gasteiger partial charge in [-0.25, -0.2) is 0 Å². The van der Waals surface area contributed by atoms with Crippen LogP contribution in [0.5, 0.6) is 0 Å². The number of hydrogen-bond donors (Lipinski definition) is 0. The van der Waals surface area contributed by atoms with Gasteiger partial charge in [0.2, 0.25) is 0 Å². The van der Waals surface area contributed by atoms with Crippen molar-refractivity contribution in [3.05, 3.63) is 71.9 Å². The summed E-state index contributed by atoms with van der Waals surface area (Å²) in [5.74, 6) is 0.847. The highest BCUT2D eigenvalue weighted by molar-refractivity contribution is 6.00. The number of carbonyl (C=O) groups excluding carboxylic acids is 2. The van der Waals surface area contributed by atoms with Crippen LogP contribution in [0.4, 0.5) is 5.82 Å². The molecule has 2 aromatic heterocycles. The first kappa shape index (κ1) is 21.8. The van der Waals surface area contributed by atoms with E-state index < -0.39 is 0 Å². The molecular formula is C26H26N6O2. The zero-order valence-corrected chi connectivity index (χ0v) is 19.3. The standard InChI is InChI=1S/C26H26N6O2/c1-30(26(34)19-9-7-18(17-33)8-10-19)20-12-15-32(16-13-20)25-22-6-4-3-5-21(22)24(28-29-25)23-11-14-27-31(23)2/h3-11,14,17,20H,12-13,15-16H2,1-2H3. The second-order valence-corrected chi connectivity index (χ2v) is 8.63. The van der Waals surface area contributed by atoms with E-state index in [1.54, 1.807) is 35.1 Å². The van der Waals surface area contributed by atoms with Crippen molar-refractivity contribution >= 4 is 28.8 Å². The van der Waals surface area contributed by atoms with Gasteiger partial charge in [0, 0.05) is 61.3 Å². The van der Waals surface area contributed by atoms with E-state index >= 15 is 0 Å². The Morgan fingerprint density at radius 3 is 2.35 bits per heavy atom. The lowest BCUT2D eigenvalue weighted by molar-refractivity contribution is 0.0709. The zero-order chi connectivity index (χ0) is 23.7. The van der Waals surface area contributed by atoms with Crippen molar-refractivity contribution in [1.29, 1.82) is 0 Å². The van der Waals surface area contributed by atoms with Gasteiger partial charge in [0.1, 0.15) is 12.0 Å². The van der Waals surface area contributed by atoms with E-state index in [1.165, 1.54) is 0 Å². The maximum atomic E-state index is 12.9. The number of fused-ring (bicyclic) bond motifs is 1. The van der Waals surface area contributed by atoms with Gasteiger partial charge in [-0.05, 0) is 31.0 Å². The summed E-state index contributed by atoms with van der Waals surface area (Å²) in [7, 11) is 3.76. The Bertz CT molecular complexity index is 1340. The van der Waals surface area contributed by atoms with Crippen molar-refractivity contribution in [3.63, 3.8) is 0 Å². The average Bonchev–Trinajstić information content (AvgIpc) is 3.32. The average molecular weight is 455 g/mol. The smallest absolute Gasteiger partial charge is 0.253 e. The van der Waals surface area contributed by atoms with Gasteiger partial charge in [0.25, 0.3) is 5.91 Å². The summed E-state index contributed by atoms with van der Waals surface area (Å²) in [5.41, 5.74) is 2.91. The molecule has 0 bridgehead atoms. The van der Waals surface area contributed by atoms with E-state index in [0.29, 0.717) is 11.1 Å². The SMILES string of the molecule is CN(C(=O)c1ccc(C=O)cc1)C1CCN(c2nnc(-c3ccnn3C)c3ccccc23)CC1. The fourth-order valence-corrected chi connectivity index (χ4v) is 4.66. The van der Waals surface area contributed by atoms with E-state index in [0.717, 1.165) is 60.2 Å². The van der Waals surface area contributed by atoms with Crippen LogP contribution in [0.2, 0.25) is 0 Å². The maximum Gasteiger partial charge on any atom is 0.253 e. The van der Waals surface area contributed by atoms with Gasteiger partial charge < -0.3 is 9.80 Å². The van der Waals surface area contributed by atoms with Crippen LogP contribution in [-0.2, 0) is 7.05 Å². The summed E-state index contributed by atoms with van der Waals surface area (Å²) in [4.78, 5) is 27.9. The summed E-state index contributed by atoms with van der Waals surface area (Å²) in [6, 6.07) is 17.1. The van der Waals surface area contributed by atoms with E-state index in [-0.39, 0.29) is 11.9 Å². The molecule has 172 valence electrons. The second kappa shape index (κ2) is 9.05. The molecule has 2 aromatic carbocycles. The number of nitrogens with zero attached hydrogens (tertiary/aromatic N) is 6. The van der Waals surface area contributed by atoms with Crippen LogP contribution in [0.25, 0.3) is 22.2 Å². The van der Waals surface area contributed by atoms with Gasteiger partial charge in [-0.3, -0.25) is 14.3 Å². The maximum absolute atomic E-state index is 12.9. The molecule has 1 saturated heterocycles. The van der Waals surface area contributed by atoms with Crippen molar-refractivity contribution in [2.45, 2.75) is 18.9 Å². The molecule has 0 N–H and O–H groups in total. The van der Waals surface area contributed by atoms with E-state index in [4.69, 9.17) is 0 Å². The molecule has 0 radical (unpaired) electrons. The third kappa shape index (κ3) is 3.91. The minimum atomic E-state index is -0.0262. The summed E-state index contributed by atoms with van der Waals surface area (Å²) in [5, 5.41) is 15.6. The summed E-state index contributed by atoms with van der Waals surface area (Å²) in [6.45, 7) is 1.58. The molecule has 3 heterocycles. The number of anilines is 1. The van der Waals surface area contributed by atoms with Crippen LogP contribution >= 0.6 is 0 Å². The van der Waals surface area contributed by atoms with Crippen LogP contribution < -0.4 is 4.90 Å². The van der Waals surface area contributed by atoms with Crippen molar-refractivity contribution in [2.24, 2.45) is 7.05 Å². The number of benzene rings is 2. The number of carbonyl (C=O) groups is 2. The largest absolute Gasteiger partial charge is 0.354 e.